The van der Waals surface area contributed by atoms with Crippen LogP contribution in [0.4, 0.5) is 0 Å². The van der Waals surface area contributed by atoms with Crippen molar-refractivity contribution in [2.45, 2.75) is 58.4 Å². The molecule has 238 valence electrons. The number of nitrogens with two attached hydrogens (primary N) is 1. The fourth-order valence-corrected chi connectivity index (χ4v) is 6.17. The van der Waals surface area contributed by atoms with Crippen LogP contribution in [-0.2, 0) is 49.0 Å². The van der Waals surface area contributed by atoms with Gasteiger partial charge in [0.2, 0.25) is 18.6 Å². The smallest absolute Gasteiger partial charge is 0.343 e. The van der Waals surface area contributed by atoms with E-state index in [1.807, 2.05) is 19.9 Å². The van der Waals surface area contributed by atoms with Gasteiger partial charge in [-0.05, 0) is 44.4 Å². The van der Waals surface area contributed by atoms with Crippen molar-refractivity contribution in [3.63, 3.8) is 0 Å². The van der Waals surface area contributed by atoms with Gasteiger partial charge in [0.05, 0.1) is 35.6 Å². The van der Waals surface area contributed by atoms with Crippen LogP contribution < -0.4 is 26.1 Å². The van der Waals surface area contributed by atoms with Gasteiger partial charge in [0, 0.05) is 35.2 Å². The van der Waals surface area contributed by atoms with Gasteiger partial charge in [-0.25, -0.2) is 9.78 Å². The molecule has 0 fully saturated rings. The maximum atomic E-state index is 13.8. The molecule has 45 heavy (non-hydrogen) atoms. The van der Waals surface area contributed by atoms with Crippen LogP contribution in [0, 0.1) is 0 Å². The predicted octanol–water partition coefficient (Wildman–Crippen LogP) is 0.637. The SMILES string of the molecule is CCC1(O)C(=O)OCc2c1cc1n(c2=O)Cc2c-1nc1cc3c(cc1c2CCN(C(=O)COCNC(=O)CN)C(C)C)OCO3. The first kappa shape index (κ1) is 30.5. The average Bonchev–Trinajstić information content (AvgIpc) is 3.64. The molecule has 1 atom stereocenters. The highest BCUT2D eigenvalue weighted by Gasteiger charge is 2.45. The maximum absolute atomic E-state index is 13.8. The number of amides is 2. The molecule has 0 bridgehead atoms. The molecule has 0 radical (unpaired) electrons. The van der Waals surface area contributed by atoms with E-state index in [1.54, 1.807) is 28.5 Å². The highest BCUT2D eigenvalue weighted by Crippen LogP contribution is 2.43. The van der Waals surface area contributed by atoms with E-state index in [9.17, 15) is 24.3 Å². The Labute approximate surface area is 258 Å². The van der Waals surface area contributed by atoms with Crippen molar-refractivity contribution >= 4 is 28.7 Å². The summed E-state index contributed by atoms with van der Waals surface area (Å²) in [5.74, 6) is -0.314. The standard InChI is InChI=1S/C31H35N5O9/c1-4-31(41)21-8-23-28-19(11-36(23)29(39)20(21)12-43-30(31)40)17(18-7-24-25(45-15-44-24)9-22(18)34-28)5-6-35(16(2)3)27(38)13-42-14-33-26(37)10-32/h7-9,16,41H,4-6,10-15,32H2,1-3H3,(H,33,37). The summed E-state index contributed by atoms with van der Waals surface area (Å²) < 4.78 is 23.4. The van der Waals surface area contributed by atoms with Crippen molar-refractivity contribution in [2.75, 3.05) is 33.2 Å². The molecule has 3 aliphatic heterocycles. The van der Waals surface area contributed by atoms with Crippen molar-refractivity contribution in [3.8, 4) is 22.9 Å². The molecule has 6 rings (SSSR count). The summed E-state index contributed by atoms with van der Waals surface area (Å²) in [6.45, 7) is 5.31. The fourth-order valence-electron chi connectivity index (χ4n) is 6.17. The number of fused-ring (bicyclic) bond motifs is 6. The number of benzene rings is 1. The lowest BCUT2D eigenvalue weighted by Crippen LogP contribution is -2.44. The second-order valence-corrected chi connectivity index (χ2v) is 11.5. The van der Waals surface area contributed by atoms with Crippen LogP contribution in [-0.4, -0.2) is 76.6 Å². The van der Waals surface area contributed by atoms with E-state index in [4.69, 9.17) is 29.7 Å². The van der Waals surface area contributed by atoms with E-state index in [2.05, 4.69) is 5.32 Å². The largest absolute Gasteiger partial charge is 0.458 e. The van der Waals surface area contributed by atoms with E-state index in [1.165, 1.54) is 0 Å². The van der Waals surface area contributed by atoms with Crippen molar-refractivity contribution in [1.29, 1.82) is 0 Å². The Morgan fingerprint density at radius 2 is 1.93 bits per heavy atom. The van der Waals surface area contributed by atoms with E-state index in [0.717, 1.165) is 16.5 Å². The van der Waals surface area contributed by atoms with Gasteiger partial charge in [0.25, 0.3) is 5.56 Å². The minimum atomic E-state index is -1.94. The van der Waals surface area contributed by atoms with Crippen LogP contribution in [0.2, 0.25) is 0 Å². The number of pyridine rings is 2. The number of nitrogens with zero attached hydrogens (tertiary/aromatic N) is 3. The summed E-state index contributed by atoms with van der Waals surface area (Å²) in [4.78, 5) is 57.6. The van der Waals surface area contributed by atoms with Gasteiger partial charge in [0.1, 0.15) is 19.9 Å². The monoisotopic (exact) mass is 621 g/mol. The lowest BCUT2D eigenvalue weighted by Gasteiger charge is -2.31. The minimum absolute atomic E-state index is 0.0383. The third-order valence-corrected chi connectivity index (χ3v) is 8.63. The zero-order valence-electron chi connectivity index (χ0n) is 25.3. The first-order valence-electron chi connectivity index (χ1n) is 14.8. The molecule has 0 saturated carbocycles. The number of aromatic nitrogens is 2. The number of carbonyl (C=O) groups is 3. The first-order valence-corrected chi connectivity index (χ1v) is 14.8. The minimum Gasteiger partial charge on any atom is -0.458 e. The molecule has 2 amide bonds. The Balaban J connectivity index is 1.39. The molecule has 0 spiro atoms. The quantitative estimate of drug-likeness (QED) is 0.128. The van der Waals surface area contributed by atoms with E-state index >= 15 is 0 Å². The lowest BCUT2D eigenvalue weighted by atomic mass is 9.86. The Bertz CT molecular complexity index is 1790. The normalized spacial score (nSPS) is 17.6. The summed E-state index contributed by atoms with van der Waals surface area (Å²) in [6.07, 6.45) is 0.453. The second kappa shape index (κ2) is 11.8. The number of rotatable bonds is 10. The highest BCUT2D eigenvalue weighted by molar-refractivity contribution is 5.91. The summed E-state index contributed by atoms with van der Waals surface area (Å²) in [7, 11) is 0. The summed E-state index contributed by atoms with van der Waals surface area (Å²) in [6, 6.07) is 5.17. The number of carbonyl (C=O) groups excluding carboxylic acids is 3. The van der Waals surface area contributed by atoms with Gasteiger partial charge >= 0.3 is 5.97 Å². The highest BCUT2D eigenvalue weighted by atomic mass is 16.7. The number of hydrogen-bond donors (Lipinski definition) is 3. The molecule has 3 aliphatic rings. The van der Waals surface area contributed by atoms with Crippen molar-refractivity contribution < 1.29 is 38.4 Å². The van der Waals surface area contributed by atoms with Crippen LogP contribution >= 0.6 is 0 Å². The molecule has 4 N–H and O–H groups in total. The molecule has 0 aliphatic carbocycles. The van der Waals surface area contributed by atoms with E-state index in [-0.39, 0.29) is 80.8 Å². The zero-order valence-corrected chi connectivity index (χ0v) is 25.3. The molecular formula is C31H35N5O9. The molecule has 2 aromatic heterocycles. The summed E-state index contributed by atoms with van der Waals surface area (Å²) in [5.41, 5.74) is 6.78. The Morgan fingerprint density at radius 3 is 2.64 bits per heavy atom. The first-order chi connectivity index (χ1) is 21.6. The van der Waals surface area contributed by atoms with Crippen LogP contribution in [0.3, 0.4) is 0 Å². The fraction of sp³-hybridized carbons (Fsp3) is 0.452. The average molecular weight is 622 g/mol. The van der Waals surface area contributed by atoms with Crippen LogP contribution in [0.15, 0.2) is 23.0 Å². The van der Waals surface area contributed by atoms with Gasteiger partial charge in [0.15, 0.2) is 17.1 Å². The topological polar surface area (TPSA) is 185 Å². The van der Waals surface area contributed by atoms with Gasteiger partial charge < -0.3 is 44.6 Å². The van der Waals surface area contributed by atoms with Crippen molar-refractivity contribution in [2.24, 2.45) is 5.73 Å². The van der Waals surface area contributed by atoms with Gasteiger partial charge in [-0.15, -0.1) is 0 Å². The van der Waals surface area contributed by atoms with Crippen molar-refractivity contribution in [1.82, 2.24) is 19.8 Å². The third kappa shape index (κ3) is 5.18. The molecule has 14 nitrogen and oxygen atoms in total. The number of nitrogens with one attached hydrogen (secondary N) is 1. The zero-order chi connectivity index (χ0) is 32.0. The Kier molecular flexibility index (Phi) is 7.97. The number of cyclic esters (lactones) is 1. The molecule has 3 aromatic rings. The van der Waals surface area contributed by atoms with Gasteiger partial charge in [-0.3, -0.25) is 14.4 Å². The predicted molar refractivity (Wildman–Crippen MR) is 159 cm³/mol. The molecular weight excluding hydrogens is 586 g/mol. The maximum Gasteiger partial charge on any atom is 0.343 e. The molecule has 1 aromatic carbocycles. The molecule has 5 heterocycles. The molecule has 0 saturated heterocycles. The number of ether oxygens (including phenoxy) is 4. The van der Waals surface area contributed by atoms with Crippen LogP contribution in [0.25, 0.3) is 22.3 Å². The van der Waals surface area contributed by atoms with E-state index < -0.39 is 11.6 Å². The molecule has 1 unspecified atom stereocenters. The van der Waals surface area contributed by atoms with Gasteiger partial charge in [-0.2, -0.15) is 0 Å². The number of esters is 1. The number of aliphatic hydroxyl groups is 1. The Morgan fingerprint density at radius 1 is 1.18 bits per heavy atom. The van der Waals surface area contributed by atoms with Crippen molar-refractivity contribution in [3.05, 3.63) is 50.8 Å². The summed E-state index contributed by atoms with van der Waals surface area (Å²) >= 11 is 0. The number of hydrogen-bond acceptors (Lipinski definition) is 11. The van der Waals surface area contributed by atoms with Crippen LogP contribution in [0.1, 0.15) is 49.4 Å². The third-order valence-electron chi connectivity index (χ3n) is 8.63. The second-order valence-electron chi connectivity index (χ2n) is 11.5. The van der Waals surface area contributed by atoms with E-state index in [0.29, 0.717) is 41.4 Å². The summed E-state index contributed by atoms with van der Waals surface area (Å²) in [5, 5.41) is 14.5. The molecule has 14 heteroatoms. The van der Waals surface area contributed by atoms with Gasteiger partial charge in [-0.1, -0.05) is 6.92 Å². The van der Waals surface area contributed by atoms with Crippen LogP contribution in [0.5, 0.6) is 11.5 Å². The Hall–Kier alpha value is -4.53. The lowest BCUT2D eigenvalue weighted by molar-refractivity contribution is -0.172.